The lowest BCUT2D eigenvalue weighted by Crippen LogP contribution is -2.28. The van der Waals surface area contributed by atoms with Gasteiger partial charge in [0, 0.05) is 5.56 Å². The van der Waals surface area contributed by atoms with Crippen LogP contribution in [-0.2, 0) is 9.59 Å². The summed E-state index contributed by atoms with van der Waals surface area (Å²) in [6, 6.07) is 11.9. The maximum absolute atomic E-state index is 12.9. The van der Waals surface area contributed by atoms with Crippen LogP contribution in [-0.4, -0.2) is 29.6 Å². The Morgan fingerprint density at radius 2 is 1.79 bits per heavy atom. The van der Waals surface area contributed by atoms with Crippen LogP contribution >= 0.6 is 0 Å². The van der Waals surface area contributed by atoms with Gasteiger partial charge >= 0.3 is 0 Å². The molecule has 2 aromatic rings. The van der Waals surface area contributed by atoms with Crippen LogP contribution in [0.25, 0.3) is 10.8 Å². The molecule has 2 aromatic carbocycles. The normalized spacial score (nSPS) is 28.1. The number of rotatable bonds is 5. The Morgan fingerprint density at radius 3 is 2.50 bits per heavy atom. The minimum absolute atomic E-state index is 0.167. The fourth-order valence-corrected chi connectivity index (χ4v) is 4.86. The Morgan fingerprint density at radius 1 is 1.07 bits per heavy atom. The largest absolute Gasteiger partial charge is 0.493 e. The van der Waals surface area contributed by atoms with Gasteiger partial charge in [0.25, 0.3) is 11.8 Å². The Balaban J connectivity index is 1.50. The van der Waals surface area contributed by atoms with Crippen molar-refractivity contribution >= 4 is 28.8 Å². The number of hydrogen-bond donors (Lipinski definition) is 0. The number of ether oxygens (including phenoxy) is 1. The second-order valence-corrected chi connectivity index (χ2v) is 7.78. The van der Waals surface area contributed by atoms with E-state index in [1.165, 1.54) is 0 Å². The lowest BCUT2D eigenvalue weighted by Gasteiger charge is -2.13. The minimum atomic E-state index is -0.233. The first-order chi connectivity index (χ1) is 13.7. The first-order valence-corrected chi connectivity index (χ1v) is 9.93. The molecule has 2 amide bonds. The summed E-state index contributed by atoms with van der Waals surface area (Å²) in [5.74, 6) is 0.287. The van der Waals surface area contributed by atoms with Crippen molar-refractivity contribution in [3.05, 3.63) is 54.1 Å². The third kappa shape index (κ3) is 2.49. The number of benzene rings is 2. The molecule has 0 spiro atoms. The molecule has 4 atom stereocenters. The van der Waals surface area contributed by atoms with Crippen LogP contribution < -0.4 is 4.74 Å². The Hall–Kier alpha value is -2.95. The van der Waals surface area contributed by atoms with Gasteiger partial charge in [0.1, 0.15) is 5.75 Å². The third-order valence-electron chi connectivity index (χ3n) is 6.14. The highest BCUT2D eigenvalue weighted by Crippen LogP contribution is 2.52. The molecule has 4 unspecified atom stereocenters. The van der Waals surface area contributed by atoms with Crippen molar-refractivity contribution in [3.8, 4) is 5.75 Å². The van der Waals surface area contributed by atoms with Crippen molar-refractivity contribution in [2.75, 3.05) is 6.61 Å². The topological polar surface area (TPSA) is 59.0 Å². The van der Waals surface area contributed by atoms with Crippen molar-refractivity contribution in [1.82, 2.24) is 5.01 Å². The van der Waals surface area contributed by atoms with Gasteiger partial charge in [0.05, 0.1) is 24.7 Å². The summed E-state index contributed by atoms with van der Waals surface area (Å²) in [5, 5.41) is 7.49. The molecule has 1 aliphatic heterocycles. The highest BCUT2D eigenvalue weighted by Gasteiger charge is 2.59. The van der Waals surface area contributed by atoms with E-state index in [1.54, 1.807) is 6.21 Å². The first-order valence-electron chi connectivity index (χ1n) is 9.93. The van der Waals surface area contributed by atoms with Gasteiger partial charge in [-0.2, -0.15) is 10.1 Å². The van der Waals surface area contributed by atoms with Crippen molar-refractivity contribution in [3.63, 3.8) is 0 Å². The van der Waals surface area contributed by atoms with E-state index >= 15 is 0 Å². The van der Waals surface area contributed by atoms with Gasteiger partial charge in [-0.15, -0.1) is 0 Å². The summed E-state index contributed by atoms with van der Waals surface area (Å²) in [5.41, 5.74) is 0.797. The van der Waals surface area contributed by atoms with Crippen LogP contribution in [0.3, 0.4) is 0 Å². The quantitative estimate of drug-likeness (QED) is 0.455. The van der Waals surface area contributed by atoms with Gasteiger partial charge in [0.2, 0.25) is 0 Å². The van der Waals surface area contributed by atoms with Gasteiger partial charge in [-0.25, -0.2) is 0 Å². The van der Waals surface area contributed by atoms with E-state index in [4.69, 9.17) is 4.74 Å². The van der Waals surface area contributed by atoms with Gasteiger partial charge in [-0.05, 0) is 41.5 Å². The number of hydrazone groups is 1. The maximum atomic E-state index is 12.9. The molecule has 1 heterocycles. The number of fused-ring (bicyclic) bond motifs is 6. The molecule has 5 heteroatoms. The maximum Gasteiger partial charge on any atom is 0.254 e. The van der Waals surface area contributed by atoms with E-state index in [-0.39, 0.29) is 35.5 Å². The molecular formula is C23H22N2O3. The zero-order valence-corrected chi connectivity index (χ0v) is 15.7. The zero-order chi connectivity index (χ0) is 19.3. The third-order valence-corrected chi connectivity index (χ3v) is 6.14. The molecule has 3 aliphatic rings. The van der Waals surface area contributed by atoms with Crippen molar-refractivity contribution < 1.29 is 14.3 Å². The minimum Gasteiger partial charge on any atom is -0.493 e. The summed E-state index contributed by atoms with van der Waals surface area (Å²) in [7, 11) is 0. The van der Waals surface area contributed by atoms with Crippen molar-refractivity contribution in [2.24, 2.45) is 28.8 Å². The Bertz CT molecular complexity index is 996. The molecule has 5 nitrogen and oxygen atoms in total. The SMILES string of the molecule is CCCOc1ccc2ccccc2c1/C=N/N1C(=O)C2C3C=CC(C3)C2C1=O. The molecule has 1 saturated heterocycles. The summed E-state index contributed by atoms with van der Waals surface area (Å²) in [6.07, 6.45) is 7.60. The van der Waals surface area contributed by atoms with E-state index in [0.717, 1.165) is 34.2 Å². The molecule has 2 aliphatic carbocycles. The van der Waals surface area contributed by atoms with Gasteiger partial charge in [-0.1, -0.05) is 49.4 Å². The fraction of sp³-hybridized carbons (Fsp3) is 0.348. The lowest BCUT2D eigenvalue weighted by molar-refractivity contribution is -0.140. The van der Waals surface area contributed by atoms with Crippen molar-refractivity contribution in [2.45, 2.75) is 19.8 Å². The van der Waals surface area contributed by atoms with Gasteiger partial charge in [-0.3, -0.25) is 9.59 Å². The van der Waals surface area contributed by atoms with Crippen LogP contribution in [0.4, 0.5) is 0 Å². The molecule has 2 fully saturated rings. The molecular weight excluding hydrogens is 352 g/mol. The number of carbonyl (C=O) groups is 2. The molecule has 2 bridgehead atoms. The molecule has 5 rings (SSSR count). The average molecular weight is 374 g/mol. The highest BCUT2D eigenvalue weighted by molar-refractivity contribution is 6.08. The molecule has 0 N–H and O–H groups in total. The second-order valence-electron chi connectivity index (χ2n) is 7.78. The number of carbonyl (C=O) groups excluding carboxylic acids is 2. The van der Waals surface area contributed by atoms with Gasteiger partial charge < -0.3 is 4.74 Å². The van der Waals surface area contributed by atoms with Crippen LogP contribution in [0, 0.1) is 23.7 Å². The lowest BCUT2D eigenvalue weighted by atomic mass is 9.85. The van der Waals surface area contributed by atoms with Crippen molar-refractivity contribution in [1.29, 1.82) is 0 Å². The summed E-state index contributed by atoms with van der Waals surface area (Å²) in [6.45, 7) is 2.65. The monoisotopic (exact) mass is 374 g/mol. The first kappa shape index (κ1) is 17.2. The van der Waals surface area contributed by atoms with Crippen LogP contribution in [0.5, 0.6) is 5.75 Å². The smallest absolute Gasteiger partial charge is 0.254 e. The summed E-state index contributed by atoms with van der Waals surface area (Å²) < 4.78 is 5.89. The second kappa shape index (κ2) is 6.59. The number of hydrogen-bond acceptors (Lipinski definition) is 4. The number of imide groups is 1. The predicted molar refractivity (Wildman–Crippen MR) is 107 cm³/mol. The van der Waals surface area contributed by atoms with E-state index in [0.29, 0.717) is 12.4 Å². The number of allylic oxidation sites excluding steroid dienone is 2. The van der Waals surface area contributed by atoms with Crippen LogP contribution in [0.1, 0.15) is 25.3 Å². The summed E-state index contributed by atoms with van der Waals surface area (Å²) in [4.78, 5) is 25.7. The fourth-order valence-electron chi connectivity index (χ4n) is 4.86. The highest BCUT2D eigenvalue weighted by atomic mass is 16.5. The van der Waals surface area contributed by atoms with E-state index in [9.17, 15) is 9.59 Å². The standard InChI is InChI=1S/C23H22N2O3/c1-2-11-28-19-10-9-14-5-3-4-6-17(14)18(19)13-24-25-22(26)20-15-7-8-16(12-15)21(20)23(25)27/h3-10,13,15-16,20-21H,2,11-12H2,1H3/b24-13+. The van der Waals surface area contributed by atoms with Crippen LogP contribution in [0.15, 0.2) is 53.7 Å². The molecule has 0 aromatic heterocycles. The Kier molecular flexibility index (Phi) is 4.04. The predicted octanol–water partition coefficient (Wildman–Crippen LogP) is 3.77. The number of amides is 2. The van der Waals surface area contributed by atoms with E-state index in [1.807, 2.05) is 36.4 Å². The molecule has 1 saturated carbocycles. The van der Waals surface area contributed by atoms with Crippen LogP contribution in [0.2, 0.25) is 0 Å². The van der Waals surface area contributed by atoms with E-state index < -0.39 is 0 Å². The molecule has 142 valence electrons. The van der Waals surface area contributed by atoms with Gasteiger partial charge in [0.15, 0.2) is 0 Å². The average Bonchev–Trinajstić information content (AvgIpc) is 3.39. The molecule has 28 heavy (non-hydrogen) atoms. The van der Waals surface area contributed by atoms with E-state index in [2.05, 4.69) is 24.2 Å². The zero-order valence-electron chi connectivity index (χ0n) is 15.7. The Labute approximate surface area is 163 Å². The summed E-state index contributed by atoms with van der Waals surface area (Å²) >= 11 is 0. The molecule has 0 radical (unpaired) electrons. The number of nitrogens with zero attached hydrogens (tertiary/aromatic N) is 2.